The van der Waals surface area contributed by atoms with Gasteiger partial charge in [-0.25, -0.2) is 8.42 Å². The van der Waals surface area contributed by atoms with Gasteiger partial charge in [0.15, 0.2) is 9.84 Å². The van der Waals surface area contributed by atoms with Crippen LogP contribution in [0.25, 0.3) is 0 Å². The van der Waals surface area contributed by atoms with E-state index < -0.39 is 9.84 Å². The van der Waals surface area contributed by atoms with E-state index in [0.29, 0.717) is 11.4 Å². The predicted molar refractivity (Wildman–Crippen MR) is 92.5 cm³/mol. The molecule has 2 aromatic carbocycles. The van der Waals surface area contributed by atoms with Crippen LogP contribution in [-0.2, 0) is 16.4 Å². The minimum absolute atomic E-state index is 0.105. The number of hydrogen-bond acceptors (Lipinski definition) is 4. The highest BCUT2D eigenvalue weighted by molar-refractivity contribution is 7.90. The van der Waals surface area contributed by atoms with Crippen molar-refractivity contribution in [2.75, 3.05) is 13.4 Å². The average Bonchev–Trinajstić information content (AvgIpc) is 2.52. The first-order chi connectivity index (χ1) is 10.8. The number of sulfone groups is 1. The van der Waals surface area contributed by atoms with Gasteiger partial charge in [-0.15, -0.1) is 0 Å². The van der Waals surface area contributed by atoms with Crippen molar-refractivity contribution < 1.29 is 13.2 Å². The minimum Gasteiger partial charge on any atom is -0.496 e. The topological polar surface area (TPSA) is 55.4 Å². The Morgan fingerprint density at radius 1 is 1.13 bits per heavy atom. The molecule has 0 heterocycles. The highest BCUT2D eigenvalue weighted by Gasteiger charge is 2.10. The lowest BCUT2D eigenvalue weighted by Gasteiger charge is -2.16. The van der Waals surface area contributed by atoms with Crippen molar-refractivity contribution in [2.24, 2.45) is 0 Å². The summed E-state index contributed by atoms with van der Waals surface area (Å²) in [5, 5.41) is 3.45. The van der Waals surface area contributed by atoms with Gasteiger partial charge in [0.1, 0.15) is 5.75 Å². The first-order valence-electron chi connectivity index (χ1n) is 7.48. The van der Waals surface area contributed by atoms with E-state index >= 15 is 0 Å². The van der Waals surface area contributed by atoms with Crippen LogP contribution in [0.15, 0.2) is 47.4 Å². The monoisotopic (exact) mass is 333 g/mol. The summed E-state index contributed by atoms with van der Waals surface area (Å²) in [5.74, 6) is 0.864. The van der Waals surface area contributed by atoms with Crippen LogP contribution in [0.3, 0.4) is 0 Å². The molecule has 2 aromatic rings. The number of rotatable bonds is 6. The van der Waals surface area contributed by atoms with Gasteiger partial charge in [-0.3, -0.25) is 0 Å². The summed E-state index contributed by atoms with van der Waals surface area (Å²) in [6, 6.07) is 13.2. The molecule has 23 heavy (non-hydrogen) atoms. The Balaban J connectivity index is 2.08. The molecule has 0 saturated carbocycles. The Morgan fingerprint density at radius 2 is 1.78 bits per heavy atom. The SMILES string of the molecule is COc1ccc(C)cc1CNC(C)c1ccc(S(C)(=O)=O)cc1. The summed E-state index contributed by atoms with van der Waals surface area (Å²) in [5.41, 5.74) is 3.34. The van der Waals surface area contributed by atoms with Gasteiger partial charge in [0.05, 0.1) is 12.0 Å². The van der Waals surface area contributed by atoms with Gasteiger partial charge in [-0.05, 0) is 37.6 Å². The summed E-state index contributed by atoms with van der Waals surface area (Å²) >= 11 is 0. The Kier molecular flexibility index (Phi) is 5.44. The molecule has 0 fully saturated rings. The molecule has 0 bridgehead atoms. The largest absolute Gasteiger partial charge is 0.496 e. The molecule has 4 nitrogen and oxygen atoms in total. The highest BCUT2D eigenvalue weighted by Crippen LogP contribution is 2.21. The number of aryl methyl sites for hydroxylation is 1. The van der Waals surface area contributed by atoms with Crippen LogP contribution in [0.2, 0.25) is 0 Å². The first-order valence-corrected chi connectivity index (χ1v) is 9.37. The third kappa shape index (κ3) is 4.56. The maximum absolute atomic E-state index is 11.5. The molecule has 0 aliphatic heterocycles. The van der Waals surface area contributed by atoms with E-state index in [0.717, 1.165) is 16.9 Å². The van der Waals surface area contributed by atoms with Crippen LogP contribution < -0.4 is 10.1 Å². The second-order valence-corrected chi connectivity index (χ2v) is 7.77. The summed E-state index contributed by atoms with van der Waals surface area (Å²) in [6.07, 6.45) is 1.22. The number of hydrogen-bond donors (Lipinski definition) is 1. The maximum atomic E-state index is 11.5. The predicted octanol–water partition coefficient (Wildman–Crippen LogP) is 3.26. The van der Waals surface area contributed by atoms with E-state index in [-0.39, 0.29) is 6.04 Å². The second-order valence-electron chi connectivity index (χ2n) is 5.76. The van der Waals surface area contributed by atoms with Crippen LogP contribution in [0.1, 0.15) is 29.7 Å². The zero-order valence-corrected chi connectivity index (χ0v) is 14.8. The van der Waals surface area contributed by atoms with Crippen LogP contribution in [0.5, 0.6) is 5.75 Å². The molecule has 0 amide bonds. The van der Waals surface area contributed by atoms with Crippen molar-refractivity contribution in [3.63, 3.8) is 0 Å². The van der Waals surface area contributed by atoms with Gasteiger partial charge in [-0.1, -0.05) is 29.8 Å². The number of methoxy groups -OCH3 is 1. The minimum atomic E-state index is -3.15. The summed E-state index contributed by atoms with van der Waals surface area (Å²) in [4.78, 5) is 0.341. The molecule has 0 spiro atoms. The fraction of sp³-hybridized carbons (Fsp3) is 0.333. The lowest BCUT2D eigenvalue weighted by atomic mass is 10.1. The van der Waals surface area contributed by atoms with Crippen LogP contribution in [0, 0.1) is 6.92 Å². The van der Waals surface area contributed by atoms with Crippen molar-refractivity contribution in [3.05, 3.63) is 59.2 Å². The van der Waals surface area contributed by atoms with E-state index in [1.54, 1.807) is 19.2 Å². The standard InChI is InChI=1S/C18H23NO3S/c1-13-5-10-18(22-3)16(11-13)12-19-14(2)15-6-8-17(9-7-15)23(4,20)21/h5-11,14,19H,12H2,1-4H3. The molecule has 1 atom stereocenters. The maximum Gasteiger partial charge on any atom is 0.175 e. The lowest BCUT2D eigenvalue weighted by Crippen LogP contribution is -2.18. The molecule has 0 radical (unpaired) electrons. The smallest absolute Gasteiger partial charge is 0.175 e. The second kappa shape index (κ2) is 7.15. The van der Waals surface area contributed by atoms with Crippen molar-refractivity contribution in [1.29, 1.82) is 0 Å². The van der Waals surface area contributed by atoms with Crippen molar-refractivity contribution in [1.82, 2.24) is 5.32 Å². The van der Waals surface area contributed by atoms with Gasteiger partial charge in [0.25, 0.3) is 0 Å². The number of ether oxygens (including phenoxy) is 1. The summed E-state index contributed by atoms with van der Waals surface area (Å²) < 4.78 is 28.4. The molecule has 0 saturated heterocycles. The first kappa shape index (κ1) is 17.5. The third-order valence-electron chi connectivity index (χ3n) is 3.84. The quantitative estimate of drug-likeness (QED) is 0.881. The van der Waals surface area contributed by atoms with E-state index in [9.17, 15) is 8.42 Å². The fourth-order valence-corrected chi connectivity index (χ4v) is 3.06. The Morgan fingerprint density at radius 3 is 2.35 bits per heavy atom. The van der Waals surface area contributed by atoms with Gasteiger partial charge in [0.2, 0.25) is 0 Å². The number of benzene rings is 2. The highest BCUT2D eigenvalue weighted by atomic mass is 32.2. The molecule has 0 aliphatic carbocycles. The molecule has 0 aromatic heterocycles. The van der Waals surface area contributed by atoms with Gasteiger partial charge < -0.3 is 10.1 Å². The van der Waals surface area contributed by atoms with E-state index in [4.69, 9.17) is 4.74 Å². The third-order valence-corrected chi connectivity index (χ3v) is 4.97. The molecule has 1 N–H and O–H groups in total. The molecule has 2 rings (SSSR count). The van der Waals surface area contributed by atoms with Crippen LogP contribution in [-0.4, -0.2) is 21.8 Å². The Hall–Kier alpha value is -1.85. The normalized spacial score (nSPS) is 12.9. The van der Waals surface area contributed by atoms with E-state index in [1.807, 2.05) is 24.3 Å². The summed E-state index contributed by atoms with van der Waals surface area (Å²) in [7, 11) is -1.48. The van der Waals surface area contributed by atoms with Gasteiger partial charge in [0, 0.05) is 24.4 Å². The van der Waals surface area contributed by atoms with Crippen molar-refractivity contribution in [2.45, 2.75) is 31.3 Å². The molecule has 0 aliphatic rings. The van der Waals surface area contributed by atoms with Crippen molar-refractivity contribution in [3.8, 4) is 5.75 Å². The van der Waals surface area contributed by atoms with Crippen LogP contribution >= 0.6 is 0 Å². The zero-order valence-electron chi connectivity index (χ0n) is 14.0. The number of nitrogens with one attached hydrogen (secondary N) is 1. The Bertz CT molecular complexity index is 767. The van der Waals surface area contributed by atoms with E-state index in [1.165, 1.54) is 11.8 Å². The van der Waals surface area contributed by atoms with Crippen molar-refractivity contribution >= 4 is 9.84 Å². The van der Waals surface area contributed by atoms with Crippen LogP contribution in [0.4, 0.5) is 0 Å². The summed E-state index contributed by atoms with van der Waals surface area (Å²) in [6.45, 7) is 4.79. The Labute approximate surface area is 138 Å². The van der Waals surface area contributed by atoms with Gasteiger partial charge >= 0.3 is 0 Å². The molecular formula is C18H23NO3S. The van der Waals surface area contributed by atoms with E-state index in [2.05, 4.69) is 25.2 Å². The average molecular weight is 333 g/mol. The zero-order chi connectivity index (χ0) is 17.0. The fourth-order valence-electron chi connectivity index (χ4n) is 2.43. The molecule has 5 heteroatoms. The molecular weight excluding hydrogens is 310 g/mol. The molecule has 124 valence electrons. The lowest BCUT2D eigenvalue weighted by molar-refractivity contribution is 0.406. The van der Waals surface area contributed by atoms with Gasteiger partial charge in [-0.2, -0.15) is 0 Å². The molecule has 1 unspecified atom stereocenters.